The molecule has 1 aromatic carbocycles. The highest BCUT2D eigenvalue weighted by molar-refractivity contribution is 5.95. The molecule has 0 bridgehead atoms. The van der Waals surface area contributed by atoms with Gasteiger partial charge in [-0.05, 0) is 24.6 Å². The van der Waals surface area contributed by atoms with Gasteiger partial charge >= 0.3 is 0 Å². The molecule has 8 nitrogen and oxygen atoms in total. The number of aromatic nitrogens is 4. The lowest BCUT2D eigenvalue weighted by Crippen LogP contribution is -2.25. The highest BCUT2D eigenvalue weighted by Gasteiger charge is 2.18. The van der Waals surface area contributed by atoms with Crippen LogP contribution < -0.4 is 15.4 Å². The van der Waals surface area contributed by atoms with Crippen LogP contribution in [0.3, 0.4) is 0 Å². The molecular weight excluding hydrogens is 308 g/mol. The van der Waals surface area contributed by atoms with Crippen LogP contribution in [0.1, 0.15) is 18.5 Å². The van der Waals surface area contributed by atoms with E-state index < -0.39 is 0 Å². The van der Waals surface area contributed by atoms with Gasteiger partial charge in [-0.25, -0.2) is 9.97 Å². The minimum absolute atomic E-state index is 0.0209. The number of amides is 1. The number of carbonyl (C=O) groups excluding carboxylic acids is 1. The first-order valence-corrected chi connectivity index (χ1v) is 7.57. The van der Waals surface area contributed by atoms with E-state index in [4.69, 9.17) is 4.74 Å². The summed E-state index contributed by atoms with van der Waals surface area (Å²) in [5, 5.41) is 11.3. The molecule has 24 heavy (non-hydrogen) atoms. The lowest BCUT2D eigenvalue weighted by atomic mass is 10.1. The van der Waals surface area contributed by atoms with Crippen molar-refractivity contribution >= 4 is 28.4 Å². The van der Waals surface area contributed by atoms with E-state index in [-0.39, 0.29) is 18.6 Å². The van der Waals surface area contributed by atoms with Crippen LogP contribution >= 0.6 is 0 Å². The van der Waals surface area contributed by atoms with Crippen LogP contribution in [0.25, 0.3) is 11.0 Å². The van der Waals surface area contributed by atoms with Gasteiger partial charge in [-0.3, -0.25) is 9.48 Å². The second kappa shape index (κ2) is 5.48. The van der Waals surface area contributed by atoms with E-state index in [9.17, 15) is 4.79 Å². The van der Waals surface area contributed by atoms with Gasteiger partial charge < -0.3 is 15.4 Å². The molecule has 3 aromatic rings. The largest absolute Gasteiger partial charge is 0.482 e. The number of nitrogens with zero attached hydrogens (tertiary/aromatic N) is 4. The van der Waals surface area contributed by atoms with Crippen LogP contribution in [0.2, 0.25) is 0 Å². The summed E-state index contributed by atoms with van der Waals surface area (Å²) < 4.78 is 7.09. The van der Waals surface area contributed by atoms with Crippen molar-refractivity contribution < 1.29 is 9.53 Å². The third kappa shape index (κ3) is 2.41. The molecule has 2 N–H and O–H groups in total. The zero-order valence-corrected chi connectivity index (χ0v) is 13.3. The predicted octanol–water partition coefficient (Wildman–Crippen LogP) is 1.87. The molecule has 0 unspecified atom stereocenters. The molecule has 1 atom stereocenters. The SMILES string of the molecule is C[C@H](Nc1ncnc2c1cnn2C)c1ccc2c(c1)NC(=O)CO2. The summed E-state index contributed by atoms with van der Waals surface area (Å²) in [6.45, 7) is 2.08. The van der Waals surface area contributed by atoms with Crippen LogP contribution in [-0.2, 0) is 11.8 Å². The third-order valence-electron chi connectivity index (χ3n) is 4.02. The fourth-order valence-electron chi connectivity index (χ4n) is 2.74. The van der Waals surface area contributed by atoms with Crippen molar-refractivity contribution in [1.29, 1.82) is 0 Å². The summed E-state index contributed by atoms with van der Waals surface area (Å²) in [6.07, 6.45) is 3.26. The molecule has 0 radical (unpaired) electrons. The van der Waals surface area contributed by atoms with E-state index in [0.29, 0.717) is 11.4 Å². The Kier molecular flexibility index (Phi) is 3.30. The number of ether oxygens (including phenoxy) is 1. The number of fused-ring (bicyclic) bond motifs is 2. The number of rotatable bonds is 3. The van der Waals surface area contributed by atoms with Gasteiger partial charge in [0.2, 0.25) is 0 Å². The fourth-order valence-corrected chi connectivity index (χ4v) is 2.74. The Balaban J connectivity index is 1.63. The number of nitrogens with one attached hydrogen (secondary N) is 2. The van der Waals surface area contributed by atoms with Crippen LogP contribution in [-0.4, -0.2) is 32.3 Å². The molecule has 8 heteroatoms. The fraction of sp³-hybridized carbons (Fsp3) is 0.250. The summed E-state index contributed by atoms with van der Waals surface area (Å²) in [7, 11) is 1.84. The zero-order chi connectivity index (χ0) is 16.7. The topological polar surface area (TPSA) is 94.0 Å². The quantitative estimate of drug-likeness (QED) is 0.764. The highest BCUT2D eigenvalue weighted by atomic mass is 16.5. The molecule has 0 aliphatic carbocycles. The van der Waals surface area contributed by atoms with Crippen LogP contribution in [0.5, 0.6) is 5.75 Å². The van der Waals surface area contributed by atoms with Crippen molar-refractivity contribution in [2.24, 2.45) is 7.05 Å². The molecule has 1 aliphatic rings. The van der Waals surface area contributed by atoms with Gasteiger partial charge in [0.05, 0.1) is 23.3 Å². The van der Waals surface area contributed by atoms with Crippen molar-refractivity contribution in [1.82, 2.24) is 19.7 Å². The minimum atomic E-state index is -0.145. The van der Waals surface area contributed by atoms with E-state index in [1.54, 1.807) is 10.9 Å². The number of hydrogen-bond donors (Lipinski definition) is 2. The molecule has 1 amide bonds. The van der Waals surface area contributed by atoms with Crippen molar-refractivity contribution in [3.8, 4) is 5.75 Å². The van der Waals surface area contributed by atoms with Crippen LogP contribution in [0, 0.1) is 0 Å². The summed E-state index contributed by atoms with van der Waals surface area (Å²) in [4.78, 5) is 20.0. The average molecular weight is 324 g/mol. The standard InChI is InChI=1S/C16H16N6O2/c1-9(10-3-4-13-12(5-10)21-14(23)7-24-13)20-15-11-6-19-22(2)16(11)18-8-17-15/h3-6,8-9H,7H2,1-2H3,(H,21,23)(H,17,18,20)/t9-/m0/s1. The van der Waals surface area contributed by atoms with Gasteiger partial charge in [0.1, 0.15) is 17.9 Å². The average Bonchev–Trinajstić information content (AvgIpc) is 2.96. The van der Waals surface area contributed by atoms with E-state index in [1.807, 2.05) is 32.2 Å². The number of aryl methyl sites for hydroxylation is 1. The third-order valence-corrected chi connectivity index (χ3v) is 4.02. The Hall–Kier alpha value is -3.16. The van der Waals surface area contributed by atoms with Crippen molar-refractivity contribution in [3.05, 3.63) is 36.3 Å². The Morgan fingerprint density at radius 1 is 1.38 bits per heavy atom. The summed E-state index contributed by atoms with van der Waals surface area (Å²) in [5.41, 5.74) is 2.47. The van der Waals surface area contributed by atoms with Crippen molar-refractivity contribution in [2.75, 3.05) is 17.2 Å². The van der Waals surface area contributed by atoms with Gasteiger partial charge in [-0.1, -0.05) is 6.07 Å². The van der Waals surface area contributed by atoms with Crippen LogP contribution in [0.4, 0.5) is 11.5 Å². The van der Waals surface area contributed by atoms with Gasteiger partial charge in [-0.2, -0.15) is 5.10 Å². The maximum atomic E-state index is 11.5. The minimum Gasteiger partial charge on any atom is -0.482 e. The first-order valence-electron chi connectivity index (χ1n) is 7.57. The first kappa shape index (κ1) is 14.4. The van der Waals surface area contributed by atoms with E-state index in [2.05, 4.69) is 25.7 Å². The Bertz CT molecular complexity index is 935. The van der Waals surface area contributed by atoms with E-state index >= 15 is 0 Å². The molecule has 0 fully saturated rings. The lowest BCUT2D eigenvalue weighted by molar-refractivity contribution is -0.118. The van der Waals surface area contributed by atoms with E-state index in [1.165, 1.54) is 6.33 Å². The van der Waals surface area contributed by atoms with Crippen molar-refractivity contribution in [3.63, 3.8) is 0 Å². The molecular formula is C16H16N6O2. The van der Waals surface area contributed by atoms with Gasteiger partial charge in [0.25, 0.3) is 5.91 Å². The zero-order valence-electron chi connectivity index (χ0n) is 13.3. The lowest BCUT2D eigenvalue weighted by Gasteiger charge is -2.21. The summed E-state index contributed by atoms with van der Waals surface area (Å²) >= 11 is 0. The van der Waals surface area contributed by atoms with Gasteiger partial charge in [0, 0.05) is 7.05 Å². The van der Waals surface area contributed by atoms with Crippen LogP contribution in [0.15, 0.2) is 30.7 Å². The number of carbonyl (C=O) groups is 1. The smallest absolute Gasteiger partial charge is 0.262 e. The second-order valence-electron chi connectivity index (χ2n) is 5.69. The second-order valence-corrected chi connectivity index (χ2v) is 5.69. The Morgan fingerprint density at radius 2 is 2.25 bits per heavy atom. The molecule has 0 spiro atoms. The predicted molar refractivity (Wildman–Crippen MR) is 88.9 cm³/mol. The van der Waals surface area contributed by atoms with Crippen molar-refractivity contribution in [2.45, 2.75) is 13.0 Å². The molecule has 1 aliphatic heterocycles. The van der Waals surface area contributed by atoms with Gasteiger partial charge in [0.15, 0.2) is 12.3 Å². The maximum absolute atomic E-state index is 11.5. The molecule has 0 saturated carbocycles. The molecule has 3 heterocycles. The Morgan fingerprint density at radius 3 is 3.12 bits per heavy atom. The molecule has 122 valence electrons. The normalized spacial score (nSPS) is 14.7. The Labute approximate surface area is 137 Å². The molecule has 2 aromatic heterocycles. The highest BCUT2D eigenvalue weighted by Crippen LogP contribution is 2.32. The van der Waals surface area contributed by atoms with E-state index in [0.717, 1.165) is 22.4 Å². The monoisotopic (exact) mass is 324 g/mol. The summed E-state index contributed by atoms with van der Waals surface area (Å²) in [6, 6.07) is 5.72. The molecule has 0 saturated heterocycles. The number of hydrogen-bond acceptors (Lipinski definition) is 6. The maximum Gasteiger partial charge on any atom is 0.262 e. The number of anilines is 2. The molecule has 4 rings (SSSR count). The summed E-state index contributed by atoms with van der Waals surface area (Å²) in [5.74, 6) is 1.26. The van der Waals surface area contributed by atoms with Gasteiger partial charge in [-0.15, -0.1) is 0 Å². The number of benzene rings is 1. The first-order chi connectivity index (χ1) is 11.6.